The molecule has 10 nitrogen and oxygen atoms in total. The number of aliphatic imine (C=N–C) groups is 1. The van der Waals surface area contributed by atoms with Crippen LogP contribution in [0.4, 0.5) is 10.1 Å². The van der Waals surface area contributed by atoms with Gasteiger partial charge in [0.1, 0.15) is 6.17 Å². The number of hydrogen-bond donors (Lipinski definition) is 5. The van der Waals surface area contributed by atoms with Crippen LogP contribution in [-0.2, 0) is 15.0 Å². The van der Waals surface area contributed by atoms with Gasteiger partial charge in [0, 0.05) is 11.2 Å². The van der Waals surface area contributed by atoms with Crippen molar-refractivity contribution in [3.05, 3.63) is 58.4 Å². The van der Waals surface area contributed by atoms with Crippen molar-refractivity contribution in [3.63, 3.8) is 0 Å². The number of anilines is 1. The van der Waals surface area contributed by atoms with E-state index in [4.69, 9.17) is 11.6 Å². The molecule has 2 heterocycles. The minimum absolute atomic E-state index is 0.0353. The fraction of sp³-hybridized carbons (Fsp3) is 0.400. The van der Waals surface area contributed by atoms with Gasteiger partial charge in [-0.3, -0.25) is 19.4 Å². The number of halogens is 2. The molecule has 0 bridgehead atoms. The second kappa shape index (κ2) is 12.0. The number of benzene rings is 1. The van der Waals surface area contributed by atoms with Crippen LogP contribution in [0.1, 0.15) is 54.7 Å². The lowest BCUT2D eigenvalue weighted by Crippen LogP contribution is -2.41. The lowest BCUT2D eigenvalue weighted by atomic mass is 9.85. The quantitative estimate of drug-likeness (QED) is 0.351. The SMILES string of the molecule is CC(C)(C)c1cc(Cl)cc([C@H](CC(=O)O)NC(=O)CNC(=O)c2cncc(NC3=NCC(F)CN3)c2)c1. The molecule has 1 aromatic heterocycles. The smallest absolute Gasteiger partial charge is 0.305 e. The van der Waals surface area contributed by atoms with E-state index in [2.05, 4.69) is 31.2 Å². The van der Waals surface area contributed by atoms with Crippen molar-refractivity contribution in [2.24, 2.45) is 4.99 Å². The summed E-state index contributed by atoms with van der Waals surface area (Å²) in [5.41, 5.74) is 1.86. The van der Waals surface area contributed by atoms with Crippen LogP contribution < -0.4 is 21.3 Å². The van der Waals surface area contributed by atoms with E-state index in [9.17, 15) is 23.9 Å². The van der Waals surface area contributed by atoms with Crippen molar-refractivity contribution in [1.82, 2.24) is 20.9 Å². The van der Waals surface area contributed by atoms with Crippen LogP contribution in [0.5, 0.6) is 0 Å². The van der Waals surface area contributed by atoms with Crippen LogP contribution in [0, 0.1) is 0 Å². The van der Waals surface area contributed by atoms with Crippen molar-refractivity contribution in [3.8, 4) is 0 Å². The topological polar surface area (TPSA) is 145 Å². The Balaban J connectivity index is 1.64. The van der Waals surface area contributed by atoms with Gasteiger partial charge < -0.3 is 26.4 Å². The van der Waals surface area contributed by atoms with Gasteiger partial charge in [0.2, 0.25) is 5.91 Å². The molecule has 2 atom stereocenters. The lowest BCUT2D eigenvalue weighted by molar-refractivity contribution is -0.137. The zero-order valence-corrected chi connectivity index (χ0v) is 21.5. The van der Waals surface area contributed by atoms with Gasteiger partial charge in [-0.1, -0.05) is 38.4 Å². The first-order valence-electron chi connectivity index (χ1n) is 11.7. The van der Waals surface area contributed by atoms with Crippen molar-refractivity contribution < 1.29 is 23.9 Å². The molecule has 1 aromatic carbocycles. The van der Waals surface area contributed by atoms with Gasteiger partial charge in [-0.15, -0.1) is 0 Å². The predicted octanol–water partition coefficient (Wildman–Crippen LogP) is 2.80. The second-order valence-electron chi connectivity index (χ2n) is 9.68. The highest BCUT2D eigenvalue weighted by molar-refractivity contribution is 6.30. The van der Waals surface area contributed by atoms with Crippen molar-refractivity contribution in [1.29, 1.82) is 0 Å². The lowest BCUT2D eigenvalue weighted by Gasteiger charge is -2.23. The van der Waals surface area contributed by atoms with Gasteiger partial charge in [0.25, 0.3) is 5.91 Å². The minimum Gasteiger partial charge on any atom is -0.481 e. The summed E-state index contributed by atoms with van der Waals surface area (Å²) in [5, 5.41) is 20.7. The van der Waals surface area contributed by atoms with Crippen LogP contribution >= 0.6 is 11.6 Å². The highest BCUT2D eigenvalue weighted by atomic mass is 35.5. The van der Waals surface area contributed by atoms with Gasteiger partial charge >= 0.3 is 5.97 Å². The molecule has 1 unspecified atom stereocenters. The number of rotatable bonds is 8. The van der Waals surface area contributed by atoms with Crippen molar-refractivity contribution in [2.45, 2.75) is 44.8 Å². The summed E-state index contributed by atoms with van der Waals surface area (Å²) in [5.74, 6) is -1.85. The molecule has 0 radical (unpaired) electrons. The first-order chi connectivity index (χ1) is 17.4. The molecule has 1 aliphatic heterocycles. The molecular formula is C25H30ClFN6O4. The van der Waals surface area contributed by atoms with E-state index < -0.39 is 30.0 Å². The summed E-state index contributed by atoms with van der Waals surface area (Å²) in [6, 6.07) is 5.91. The molecule has 198 valence electrons. The normalized spacial score (nSPS) is 16.1. The van der Waals surface area contributed by atoms with Gasteiger partial charge in [-0.05, 0) is 34.7 Å². The molecule has 3 rings (SSSR count). The van der Waals surface area contributed by atoms with E-state index in [0.29, 0.717) is 22.2 Å². The summed E-state index contributed by atoms with van der Waals surface area (Å²) in [6.07, 6.45) is 1.39. The number of aliphatic carboxylic acids is 1. The van der Waals surface area contributed by atoms with Crippen LogP contribution in [0.25, 0.3) is 0 Å². The average molecular weight is 533 g/mol. The third kappa shape index (κ3) is 8.42. The molecule has 0 fully saturated rings. The monoisotopic (exact) mass is 532 g/mol. The van der Waals surface area contributed by atoms with E-state index in [0.717, 1.165) is 5.56 Å². The summed E-state index contributed by atoms with van der Waals surface area (Å²) < 4.78 is 13.2. The number of carbonyl (C=O) groups is 3. The van der Waals surface area contributed by atoms with Crippen LogP contribution in [-0.4, -0.2) is 59.6 Å². The molecular weight excluding hydrogens is 503 g/mol. The Bertz CT molecular complexity index is 1200. The summed E-state index contributed by atoms with van der Waals surface area (Å²) in [4.78, 5) is 44.7. The molecule has 2 amide bonds. The molecule has 37 heavy (non-hydrogen) atoms. The standard InChI is InChI=1S/C25H30ClFN6O4/c1-25(2,3)16-4-14(5-17(26)7-16)20(8-22(35)36)33-21(34)13-29-23(37)15-6-19(12-28-9-15)32-24-30-10-18(27)11-31-24/h4-7,9,12,18,20H,8,10-11,13H2,1-3H3,(H,29,37)(H,33,34)(H,35,36)(H2,30,31,32)/t20-/m0/s1. The number of aromatic nitrogens is 1. The first-order valence-corrected chi connectivity index (χ1v) is 12.0. The summed E-state index contributed by atoms with van der Waals surface area (Å²) >= 11 is 6.27. The first kappa shape index (κ1) is 27.9. The number of guanidine groups is 1. The number of hydrogen-bond acceptors (Lipinski definition) is 7. The Kier molecular flexibility index (Phi) is 9.04. The number of carbonyl (C=O) groups excluding carboxylic acids is 2. The van der Waals surface area contributed by atoms with E-state index in [-0.39, 0.29) is 37.0 Å². The zero-order valence-electron chi connectivity index (χ0n) is 20.8. The Morgan fingerprint density at radius 2 is 1.97 bits per heavy atom. The van der Waals surface area contributed by atoms with Gasteiger partial charge in [-0.25, -0.2) is 9.38 Å². The molecule has 1 aliphatic rings. The fourth-order valence-corrected chi connectivity index (χ4v) is 3.80. The molecule has 0 saturated carbocycles. The third-order valence-corrected chi connectivity index (χ3v) is 5.73. The molecule has 0 saturated heterocycles. The maximum Gasteiger partial charge on any atom is 0.305 e. The molecule has 5 N–H and O–H groups in total. The zero-order chi connectivity index (χ0) is 27.2. The third-order valence-electron chi connectivity index (χ3n) is 5.51. The van der Waals surface area contributed by atoms with E-state index in [1.807, 2.05) is 26.8 Å². The van der Waals surface area contributed by atoms with Gasteiger partial charge in [0.05, 0.1) is 49.5 Å². The highest BCUT2D eigenvalue weighted by Gasteiger charge is 2.22. The predicted molar refractivity (Wildman–Crippen MR) is 139 cm³/mol. The number of pyridine rings is 1. The van der Waals surface area contributed by atoms with Gasteiger partial charge in [0.15, 0.2) is 5.96 Å². The number of carboxylic acids is 1. The van der Waals surface area contributed by atoms with E-state index in [1.54, 1.807) is 12.1 Å². The summed E-state index contributed by atoms with van der Waals surface area (Å²) in [6.45, 7) is 5.78. The summed E-state index contributed by atoms with van der Waals surface area (Å²) in [7, 11) is 0. The number of nitrogens with one attached hydrogen (secondary N) is 4. The average Bonchev–Trinajstić information content (AvgIpc) is 2.82. The fourth-order valence-electron chi connectivity index (χ4n) is 3.55. The maximum absolute atomic E-state index is 13.2. The van der Waals surface area contributed by atoms with Crippen LogP contribution in [0.2, 0.25) is 5.02 Å². The molecule has 2 aromatic rings. The molecule has 12 heteroatoms. The molecule has 0 spiro atoms. The Morgan fingerprint density at radius 1 is 1.22 bits per heavy atom. The maximum atomic E-state index is 13.2. The van der Waals surface area contributed by atoms with Crippen molar-refractivity contribution >= 4 is 41.0 Å². The Morgan fingerprint density at radius 3 is 2.62 bits per heavy atom. The number of alkyl halides is 1. The second-order valence-corrected chi connectivity index (χ2v) is 10.1. The Hall–Kier alpha value is -3.73. The van der Waals surface area contributed by atoms with Crippen LogP contribution in [0.15, 0.2) is 41.7 Å². The number of nitrogens with zero attached hydrogens (tertiary/aromatic N) is 2. The number of amides is 2. The van der Waals surface area contributed by atoms with E-state index in [1.165, 1.54) is 18.5 Å². The number of carboxylic acid groups (broad SMARTS) is 1. The van der Waals surface area contributed by atoms with Crippen molar-refractivity contribution in [2.75, 3.05) is 25.0 Å². The van der Waals surface area contributed by atoms with E-state index >= 15 is 0 Å². The van der Waals surface area contributed by atoms with Gasteiger partial charge in [-0.2, -0.15) is 0 Å². The highest BCUT2D eigenvalue weighted by Crippen LogP contribution is 2.30. The van der Waals surface area contributed by atoms with Crippen LogP contribution in [0.3, 0.4) is 0 Å². The Labute approximate surface area is 219 Å². The largest absolute Gasteiger partial charge is 0.481 e. The minimum atomic E-state index is -1.10. The molecule has 0 aliphatic carbocycles.